The van der Waals surface area contributed by atoms with E-state index in [1.807, 2.05) is 0 Å². The van der Waals surface area contributed by atoms with E-state index < -0.39 is 0 Å². The number of ether oxygens (including phenoxy) is 1. The summed E-state index contributed by atoms with van der Waals surface area (Å²) in [7, 11) is 0. The average molecular weight is 324 g/mol. The summed E-state index contributed by atoms with van der Waals surface area (Å²) in [6.07, 6.45) is 6.89. The normalized spacial score (nSPS) is 22.7. The van der Waals surface area contributed by atoms with E-state index in [4.69, 9.17) is 10.5 Å². The van der Waals surface area contributed by atoms with E-state index in [0.717, 1.165) is 29.0 Å². The lowest BCUT2D eigenvalue weighted by Crippen LogP contribution is -2.19. The lowest BCUT2D eigenvalue weighted by Gasteiger charge is -2.25. The molecule has 3 heteroatoms. The first-order valence-electron chi connectivity index (χ1n) is 6.90. The molecule has 2 N–H and O–H groups in total. The van der Waals surface area contributed by atoms with Crippen molar-refractivity contribution in [1.82, 2.24) is 0 Å². The van der Waals surface area contributed by atoms with Crippen LogP contribution in [-0.2, 0) is 17.9 Å². The predicted octanol–water partition coefficient (Wildman–Crippen LogP) is 4.03. The van der Waals surface area contributed by atoms with E-state index in [1.54, 1.807) is 0 Å². The van der Waals surface area contributed by atoms with Gasteiger partial charge >= 0.3 is 0 Å². The van der Waals surface area contributed by atoms with E-state index in [2.05, 4.69) is 53.2 Å². The van der Waals surface area contributed by atoms with Crippen LogP contribution in [0.2, 0.25) is 0 Å². The van der Waals surface area contributed by atoms with E-state index in [0.29, 0.717) is 19.1 Å². The maximum Gasteiger partial charge on any atom is 0.0727 e. The molecule has 2 atom stereocenters. The summed E-state index contributed by atoms with van der Waals surface area (Å²) in [5.41, 5.74) is 7.95. The lowest BCUT2D eigenvalue weighted by atomic mass is 9.85. The molecule has 0 aliphatic heterocycles. The molecule has 0 amide bonds. The molecule has 0 spiro atoms. The van der Waals surface area contributed by atoms with Crippen molar-refractivity contribution in [3.8, 4) is 0 Å². The van der Waals surface area contributed by atoms with Gasteiger partial charge in [-0.15, -0.1) is 0 Å². The monoisotopic (exact) mass is 323 g/mol. The van der Waals surface area contributed by atoms with Gasteiger partial charge in [0, 0.05) is 11.0 Å². The zero-order valence-electron chi connectivity index (χ0n) is 11.4. The van der Waals surface area contributed by atoms with Crippen molar-refractivity contribution in [2.45, 2.75) is 32.9 Å². The molecule has 1 aliphatic carbocycles. The SMILES string of the molecule is CC1CC=CCC1COCc1ccc(CN)cc1Br. The molecule has 19 heavy (non-hydrogen) atoms. The predicted molar refractivity (Wildman–Crippen MR) is 82.7 cm³/mol. The van der Waals surface area contributed by atoms with Gasteiger partial charge in [0.25, 0.3) is 0 Å². The van der Waals surface area contributed by atoms with Crippen molar-refractivity contribution >= 4 is 15.9 Å². The molecule has 0 saturated heterocycles. The minimum Gasteiger partial charge on any atom is -0.376 e. The van der Waals surface area contributed by atoms with Gasteiger partial charge in [0.05, 0.1) is 13.2 Å². The third-order valence-electron chi connectivity index (χ3n) is 3.86. The number of rotatable bonds is 5. The third-order valence-corrected chi connectivity index (χ3v) is 4.60. The van der Waals surface area contributed by atoms with Crippen molar-refractivity contribution in [2.24, 2.45) is 17.6 Å². The fourth-order valence-electron chi connectivity index (χ4n) is 2.39. The summed E-state index contributed by atoms with van der Waals surface area (Å²) >= 11 is 3.58. The van der Waals surface area contributed by atoms with Crippen molar-refractivity contribution in [3.63, 3.8) is 0 Å². The number of allylic oxidation sites excluding steroid dienone is 2. The first-order valence-corrected chi connectivity index (χ1v) is 7.70. The first-order chi connectivity index (χ1) is 9.20. The lowest BCUT2D eigenvalue weighted by molar-refractivity contribution is 0.0677. The van der Waals surface area contributed by atoms with Gasteiger partial charge in [0.15, 0.2) is 0 Å². The molecule has 1 aromatic rings. The van der Waals surface area contributed by atoms with Gasteiger partial charge in [-0.1, -0.05) is 47.1 Å². The van der Waals surface area contributed by atoms with Crippen LogP contribution in [0.3, 0.4) is 0 Å². The highest BCUT2D eigenvalue weighted by Gasteiger charge is 2.18. The Bertz CT molecular complexity index is 444. The Morgan fingerprint density at radius 1 is 1.32 bits per heavy atom. The number of hydrogen-bond acceptors (Lipinski definition) is 2. The molecule has 0 saturated carbocycles. The first kappa shape index (κ1) is 14.8. The number of halogens is 1. The van der Waals surface area contributed by atoms with Crippen LogP contribution >= 0.6 is 15.9 Å². The number of hydrogen-bond donors (Lipinski definition) is 1. The molecule has 0 bridgehead atoms. The van der Waals surface area contributed by atoms with E-state index in [9.17, 15) is 0 Å². The van der Waals surface area contributed by atoms with Crippen molar-refractivity contribution in [2.75, 3.05) is 6.61 Å². The molecule has 104 valence electrons. The molecule has 2 rings (SSSR count). The highest BCUT2D eigenvalue weighted by Crippen LogP contribution is 2.26. The second-order valence-corrected chi connectivity index (χ2v) is 6.18. The quantitative estimate of drug-likeness (QED) is 0.830. The molecule has 0 heterocycles. The maximum absolute atomic E-state index is 5.89. The second kappa shape index (κ2) is 7.22. The summed E-state index contributed by atoms with van der Waals surface area (Å²) in [4.78, 5) is 0. The Morgan fingerprint density at radius 3 is 2.79 bits per heavy atom. The fourth-order valence-corrected chi connectivity index (χ4v) is 2.93. The minimum absolute atomic E-state index is 0.575. The summed E-state index contributed by atoms with van der Waals surface area (Å²) in [6.45, 7) is 4.39. The number of nitrogens with two attached hydrogens (primary N) is 1. The molecule has 0 fully saturated rings. The van der Waals surface area contributed by atoms with Gasteiger partial charge in [-0.05, 0) is 41.9 Å². The Balaban J connectivity index is 1.84. The highest BCUT2D eigenvalue weighted by atomic mass is 79.9. The highest BCUT2D eigenvalue weighted by molar-refractivity contribution is 9.10. The van der Waals surface area contributed by atoms with Gasteiger partial charge < -0.3 is 10.5 Å². The van der Waals surface area contributed by atoms with Crippen LogP contribution in [0.4, 0.5) is 0 Å². The average Bonchev–Trinajstić information content (AvgIpc) is 2.42. The van der Waals surface area contributed by atoms with Crippen LogP contribution in [0, 0.1) is 11.8 Å². The molecule has 1 aromatic carbocycles. The topological polar surface area (TPSA) is 35.2 Å². The Hall–Kier alpha value is -0.640. The van der Waals surface area contributed by atoms with Gasteiger partial charge in [0.2, 0.25) is 0 Å². The van der Waals surface area contributed by atoms with Crippen molar-refractivity contribution in [3.05, 3.63) is 46.0 Å². The Labute approximate surface area is 124 Å². The van der Waals surface area contributed by atoms with Gasteiger partial charge in [-0.2, -0.15) is 0 Å². The maximum atomic E-state index is 5.89. The number of benzene rings is 1. The van der Waals surface area contributed by atoms with Gasteiger partial charge in [-0.25, -0.2) is 0 Å². The van der Waals surface area contributed by atoms with Crippen molar-refractivity contribution in [1.29, 1.82) is 0 Å². The minimum atomic E-state index is 0.575. The molecule has 2 nitrogen and oxygen atoms in total. The molecule has 0 aromatic heterocycles. The third kappa shape index (κ3) is 4.16. The molecule has 2 unspecified atom stereocenters. The summed E-state index contributed by atoms with van der Waals surface area (Å²) in [6, 6.07) is 6.23. The Kier molecular flexibility index (Phi) is 5.61. The van der Waals surface area contributed by atoms with E-state index in [-0.39, 0.29) is 0 Å². The molecule has 1 aliphatic rings. The molecule has 0 radical (unpaired) electrons. The largest absolute Gasteiger partial charge is 0.376 e. The second-order valence-electron chi connectivity index (χ2n) is 5.33. The van der Waals surface area contributed by atoms with Gasteiger partial charge in [0.1, 0.15) is 0 Å². The van der Waals surface area contributed by atoms with Crippen LogP contribution in [0.25, 0.3) is 0 Å². The van der Waals surface area contributed by atoms with Crippen LogP contribution in [0.5, 0.6) is 0 Å². The van der Waals surface area contributed by atoms with E-state index in [1.165, 1.54) is 12.0 Å². The zero-order valence-corrected chi connectivity index (χ0v) is 13.0. The van der Waals surface area contributed by atoms with Crippen LogP contribution in [0.15, 0.2) is 34.8 Å². The van der Waals surface area contributed by atoms with Crippen molar-refractivity contribution < 1.29 is 4.74 Å². The zero-order chi connectivity index (χ0) is 13.7. The van der Waals surface area contributed by atoms with Crippen LogP contribution in [0.1, 0.15) is 30.9 Å². The van der Waals surface area contributed by atoms with Crippen LogP contribution < -0.4 is 5.73 Å². The summed E-state index contributed by atoms with van der Waals surface area (Å²) in [5, 5.41) is 0. The standard InChI is InChI=1S/C16H22BrNO/c1-12-4-2-3-5-14(12)10-19-11-15-7-6-13(9-18)8-16(15)17/h2-3,6-8,12,14H,4-5,9-11,18H2,1H3. The summed E-state index contributed by atoms with van der Waals surface area (Å²) in [5.74, 6) is 1.39. The Morgan fingerprint density at radius 2 is 2.11 bits per heavy atom. The fraction of sp³-hybridized carbons (Fsp3) is 0.500. The van der Waals surface area contributed by atoms with Crippen LogP contribution in [-0.4, -0.2) is 6.61 Å². The summed E-state index contributed by atoms with van der Waals surface area (Å²) < 4.78 is 6.98. The van der Waals surface area contributed by atoms with E-state index >= 15 is 0 Å². The smallest absolute Gasteiger partial charge is 0.0727 e. The molecular weight excluding hydrogens is 302 g/mol. The van der Waals surface area contributed by atoms with Gasteiger partial charge in [-0.3, -0.25) is 0 Å². The molecular formula is C16H22BrNO.